The summed E-state index contributed by atoms with van der Waals surface area (Å²) in [5.41, 5.74) is 7.53. The molecule has 1 aliphatic rings. The summed E-state index contributed by atoms with van der Waals surface area (Å²) >= 11 is 0. The zero-order chi connectivity index (χ0) is 13.8. The summed E-state index contributed by atoms with van der Waals surface area (Å²) in [7, 11) is 0. The molecule has 6 nitrogen and oxygen atoms in total. The maximum atomic E-state index is 11.4. The largest absolute Gasteiger partial charge is 0.481 e. The maximum absolute atomic E-state index is 11.4. The van der Waals surface area contributed by atoms with Crippen molar-refractivity contribution in [3.8, 4) is 0 Å². The van der Waals surface area contributed by atoms with Gasteiger partial charge in [0.05, 0.1) is 13.0 Å². The van der Waals surface area contributed by atoms with Crippen LogP contribution in [-0.2, 0) is 9.59 Å². The first kappa shape index (κ1) is 13.4. The molecule has 1 aliphatic heterocycles. The molecule has 0 bridgehead atoms. The molecule has 1 aromatic carbocycles. The smallest absolute Gasteiger partial charge is 0.305 e. The van der Waals surface area contributed by atoms with Gasteiger partial charge in [0.25, 0.3) is 0 Å². The number of anilines is 1. The molecule has 1 atom stereocenters. The van der Waals surface area contributed by atoms with Crippen LogP contribution in [0, 0.1) is 0 Å². The lowest BCUT2D eigenvalue weighted by Crippen LogP contribution is -2.48. The van der Waals surface area contributed by atoms with E-state index in [1.54, 1.807) is 0 Å². The Labute approximate surface area is 111 Å². The van der Waals surface area contributed by atoms with Crippen molar-refractivity contribution in [3.05, 3.63) is 29.8 Å². The first-order chi connectivity index (χ1) is 9.08. The van der Waals surface area contributed by atoms with Crippen LogP contribution in [0.5, 0.6) is 0 Å². The zero-order valence-corrected chi connectivity index (χ0v) is 10.5. The molecule has 102 valence electrons. The highest BCUT2D eigenvalue weighted by atomic mass is 16.4. The number of amides is 1. The molecule has 0 radical (unpaired) electrons. The molecule has 4 N–H and O–H groups in total. The summed E-state index contributed by atoms with van der Waals surface area (Å²) in [5, 5.41) is 11.6. The SMILES string of the molecule is NC(CC(=O)O)c1ccccc1N1CCNC(=O)C1. The predicted octanol–water partition coefficient (Wildman–Crippen LogP) is 0.0973. The molecular formula is C13H17N3O3. The van der Waals surface area contributed by atoms with Gasteiger partial charge in [-0.2, -0.15) is 0 Å². The molecule has 0 spiro atoms. The van der Waals surface area contributed by atoms with Crippen molar-refractivity contribution in [2.24, 2.45) is 5.73 Å². The van der Waals surface area contributed by atoms with Crippen LogP contribution in [0.3, 0.4) is 0 Å². The van der Waals surface area contributed by atoms with Crippen molar-refractivity contribution in [2.75, 3.05) is 24.5 Å². The Balaban J connectivity index is 2.24. The highest BCUT2D eigenvalue weighted by Gasteiger charge is 2.21. The van der Waals surface area contributed by atoms with Crippen LogP contribution in [0.1, 0.15) is 18.0 Å². The Morgan fingerprint density at radius 3 is 2.89 bits per heavy atom. The van der Waals surface area contributed by atoms with E-state index in [-0.39, 0.29) is 18.9 Å². The Kier molecular flexibility index (Phi) is 4.01. The van der Waals surface area contributed by atoms with Gasteiger partial charge in [-0.05, 0) is 11.6 Å². The van der Waals surface area contributed by atoms with E-state index >= 15 is 0 Å². The fraction of sp³-hybridized carbons (Fsp3) is 0.385. The molecular weight excluding hydrogens is 246 g/mol. The number of nitrogens with zero attached hydrogens (tertiary/aromatic N) is 1. The average molecular weight is 263 g/mol. The summed E-state index contributed by atoms with van der Waals surface area (Å²) in [6.07, 6.45) is -0.128. The first-order valence-electron chi connectivity index (χ1n) is 6.16. The Hall–Kier alpha value is -2.08. The van der Waals surface area contributed by atoms with Gasteiger partial charge in [0, 0.05) is 24.8 Å². The highest BCUT2D eigenvalue weighted by Crippen LogP contribution is 2.27. The minimum absolute atomic E-state index is 0.0344. The quantitative estimate of drug-likeness (QED) is 0.716. The monoisotopic (exact) mass is 263 g/mol. The van der Waals surface area contributed by atoms with Gasteiger partial charge in [-0.1, -0.05) is 18.2 Å². The van der Waals surface area contributed by atoms with Crippen LogP contribution in [0.15, 0.2) is 24.3 Å². The van der Waals surface area contributed by atoms with Crippen LogP contribution >= 0.6 is 0 Å². The normalized spacial score (nSPS) is 16.9. The number of carboxylic acid groups (broad SMARTS) is 1. The van der Waals surface area contributed by atoms with Gasteiger partial charge in [0.1, 0.15) is 0 Å². The molecule has 0 aromatic heterocycles. The number of rotatable bonds is 4. The minimum Gasteiger partial charge on any atom is -0.481 e. The molecule has 1 amide bonds. The van der Waals surface area contributed by atoms with Crippen molar-refractivity contribution in [2.45, 2.75) is 12.5 Å². The number of aliphatic carboxylic acids is 1. The van der Waals surface area contributed by atoms with E-state index in [9.17, 15) is 9.59 Å². The average Bonchev–Trinajstić information content (AvgIpc) is 2.38. The van der Waals surface area contributed by atoms with Crippen LogP contribution < -0.4 is 16.0 Å². The van der Waals surface area contributed by atoms with E-state index in [1.165, 1.54) is 0 Å². The molecule has 1 unspecified atom stereocenters. The topological polar surface area (TPSA) is 95.7 Å². The standard InChI is InChI=1S/C13H17N3O3/c14-10(7-13(18)19)9-3-1-2-4-11(9)16-6-5-15-12(17)8-16/h1-4,10H,5-8,14H2,(H,15,17)(H,18,19). The number of piperazine rings is 1. The number of carboxylic acids is 1. The Morgan fingerprint density at radius 2 is 2.21 bits per heavy atom. The van der Waals surface area contributed by atoms with Gasteiger partial charge in [-0.15, -0.1) is 0 Å². The predicted molar refractivity (Wildman–Crippen MR) is 70.8 cm³/mol. The lowest BCUT2D eigenvalue weighted by atomic mass is 10.0. The summed E-state index contributed by atoms with van der Waals surface area (Å²) < 4.78 is 0. The first-order valence-corrected chi connectivity index (χ1v) is 6.16. The van der Waals surface area contributed by atoms with Gasteiger partial charge in [-0.25, -0.2) is 0 Å². The fourth-order valence-corrected chi connectivity index (χ4v) is 2.23. The summed E-state index contributed by atoms with van der Waals surface area (Å²) in [4.78, 5) is 24.1. The maximum Gasteiger partial charge on any atom is 0.305 e. The fourth-order valence-electron chi connectivity index (χ4n) is 2.23. The highest BCUT2D eigenvalue weighted by molar-refractivity contribution is 5.83. The van der Waals surface area contributed by atoms with E-state index in [2.05, 4.69) is 5.32 Å². The second kappa shape index (κ2) is 5.71. The number of nitrogens with two attached hydrogens (primary N) is 1. The second-order valence-corrected chi connectivity index (χ2v) is 4.53. The van der Waals surface area contributed by atoms with Crippen LogP contribution in [-0.4, -0.2) is 36.6 Å². The lowest BCUT2D eigenvalue weighted by molar-refractivity contribution is -0.137. The van der Waals surface area contributed by atoms with E-state index < -0.39 is 12.0 Å². The molecule has 1 saturated heterocycles. The molecule has 1 fully saturated rings. The lowest BCUT2D eigenvalue weighted by Gasteiger charge is -2.31. The Morgan fingerprint density at radius 1 is 1.47 bits per heavy atom. The molecule has 1 aromatic rings. The number of hydrogen-bond donors (Lipinski definition) is 3. The number of para-hydroxylation sites is 1. The van der Waals surface area contributed by atoms with Crippen molar-refractivity contribution >= 4 is 17.6 Å². The van der Waals surface area contributed by atoms with Crippen LogP contribution in [0.2, 0.25) is 0 Å². The van der Waals surface area contributed by atoms with Gasteiger partial charge < -0.3 is 21.1 Å². The minimum atomic E-state index is -0.932. The molecule has 1 heterocycles. The number of hydrogen-bond acceptors (Lipinski definition) is 4. The van der Waals surface area contributed by atoms with Crippen LogP contribution in [0.4, 0.5) is 5.69 Å². The van der Waals surface area contributed by atoms with Crippen molar-refractivity contribution < 1.29 is 14.7 Å². The van der Waals surface area contributed by atoms with E-state index in [0.717, 1.165) is 11.3 Å². The van der Waals surface area contributed by atoms with E-state index in [0.29, 0.717) is 13.1 Å². The summed E-state index contributed by atoms with van der Waals surface area (Å²) in [6, 6.07) is 6.80. The van der Waals surface area contributed by atoms with Gasteiger partial charge in [0.15, 0.2) is 0 Å². The van der Waals surface area contributed by atoms with Crippen molar-refractivity contribution in [1.29, 1.82) is 0 Å². The summed E-state index contributed by atoms with van der Waals surface area (Å²) in [6.45, 7) is 1.56. The third kappa shape index (κ3) is 3.23. The van der Waals surface area contributed by atoms with Gasteiger partial charge >= 0.3 is 5.97 Å². The third-order valence-electron chi connectivity index (χ3n) is 3.11. The van der Waals surface area contributed by atoms with Gasteiger partial charge in [0.2, 0.25) is 5.91 Å². The number of carbonyl (C=O) groups excluding carboxylic acids is 1. The van der Waals surface area contributed by atoms with Crippen molar-refractivity contribution in [1.82, 2.24) is 5.32 Å². The number of nitrogens with one attached hydrogen (secondary N) is 1. The second-order valence-electron chi connectivity index (χ2n) is 4.53. The third-order valence-corrected chi connectivity index (χ3v) is 3.11. The summed E-state index contributed by atoms with van der Waals surface area (Å²) in [5.74, 6) is -0.966. The number of carbonyl (C=O) groups is 2. The zero-order valence-electron chi connectivity index (χ0n) is 10.5. The molecule has 0 saturated carbocycles. The molecule has 0 aliphatic carbocycles. The van der Waals surface area contributed by atoms with E-state index in [4.69, 9.17) is 10.8 Å². The molecule has 6 heteroatoms. The van der Waals surface area contributed by atoms with Gasteiger partial charge in [-0.3, -0.25) is 9.59 Å². The van der Waals surface area contributed by atoms with Crippen molar-refractivity contribution in [3.63, 3.8) is 0 Å². The Bertz CT molecular complexity index is 490. The van der Waals surface area contributed by atoms with Crippen LogP contribution in [0.25, 0.3) is 0 Å². The molecule has 2 rings (SSSR count). The molecule has 19 heavy (non-hydrogen) atoms. The van der Waals surface area contributed by atoms with E-state index in [1.807, 2.05) is 29.2 Å². The number of benzene rings is 1.